The summed E-state index contributed by atoms with van der Waals surface area (Å²) in [4.78, 5) is 41.3. The maximum Gasteiger partial charge on any atom is 0.302 e. The first-order valence-corrected chi connectivity index (χ1v) is 10.4. The second-order valence-corrected chi connectivity index (χ2v) is 7.87. The number of hydrogen-bond acceptors (Lipinski definition) is 10. The van der Waals surface area contributed by atoms with Crippen LogP contribution in [0.3, 0.4) is 0 Å². The van der Waals surface area contributed by atoms with E-state index in [1.54, 1.807) is 9.80 Å². The molecule has 1 amide bonds. The average molecular weight is 462 g/mol. The average Bonchev–Trinajstić information content (AvgIpc) is 2.79. The summed E-state index contributed by atoms with van der Waals surface area (Å²) in [5, 5.41) is 22.0. The summed E-state index contributed by atoms with van der Waals surface area (Å²) in [6.45, 7) is 5.29. The second kappa shape index (κ2) is 9.68. The molecule has 0 radical (unpaired) electrons. The number of carbonyl (C=O) groups excluding carboxylic acids is 1. The summed E-state index contributed by atoms with van der Waals surface area (Å²) in [6, 6.07) is 5.40. The predicted molar refractivity (Wildman–Crippen MR) is 120 cm³/mol. The Kier molecular flexibility index (Phi) is 6.98. The van der Waals surface area contributed by atoms with E-state index in [0.29, 0.717) is 43.4 Å². The maximum atomic E-state index is 12.6. The fourth-order valence-electron chi connectivity index (χ4n) is 3.20. The zero-order chi connectivity index (χ0) is 23.4. The first kappa shape index (κ1) is 23.1. The number of nitrogens with one attached hydrogen (secondary N) is 1. The van der Waals surface area contributed by atoms with E-state index in [0.717, 1.165) is 29.3 Å². The summed E-state index contributed by atoms with van der Waals surface area (Å²) in [5.41, 5.74) is 2.08. The number of rotatable bonds is 6. The molecule has 3 rings (SSSR count). The van der Waals surface area contributed by atoms with Gasteiger partial charge in [0, 0.05) is 56.0 Å². The quantitative estimate of drug-likeness (QED) is 0.384. The van der Waals surface area contributed by atoms with Crippen molar-refractivity contribution in [2.75, 3.05) is 42.9 Å². The van der Waals surface area contributed by atoms with Crippen LogP contribution in [-0.2, 0) is 0 Å². The lowest BCUT2D eigenvalue weighted by molar-refractivity contribution is -0.394. The highest BCUT2D eigenvalue weighted by Gasteiger charge is 2.25. The van der Waals surface area contributed by atoms with Crippen molar-refractivity contribution >= 4 is 39.9 Å². The fourth-order valence-corrected chi connectivity index (χ4v) is 3.85. The van der Waals surface area contributed by atoms with Crippen LogP contribution < -0.4 is 14.4 Å². The third-order valence-electron chi connectivity index (χ3n) is 5.08. The van der Waals surface area contributed by atoms with Crippen LogP contribution in [0.4, 0.5) is 27.5 Å². The Morgan fingerprint density at radius 3 is 2.19 bits per heavy atom. The molecule has 32 heavy (non-hydrogen) atoms. The molecule has 170 valence electrons. The molecular weight excluding hydrogens is 440 g/mol. The molecule has 1 aliphatic rings. The van der Waals surface area contributed by atoms with Gasteiger partial charge in [-0.2, -0.15) is 0 Å². The van der Waals surface area contributed by atoms with Crippen molar-refractivity contribution in [1.82, 2.24) is 9.88 Å². The third-order valence-corrected chi connectivity index (χ3v) is 5.84. The van der Waals surface area contributed by atoms with Gasteiger partial charge in [0.25, 0.3) is 11.4 Å². The van der Waals surface area contributed by atoms with E-state index in [1.165, 1.54) is 19.2 Å². The lowest BCUT2D eigenvalue weighted by Gasteiger charge is -2.35. The lowest BCUT2D eigenvalue weighted by atomic mass is 10.2. The predicted octanol–water partition coefficient (Wildman–Crippen LogP) is 3.53. The molecule has 2 aromatic rings. The third kappa shape index (κ3) is 5.17. The summed E-state index contributed by atoms with van der Waals surface area (Å²) >= 11 is 0.910. The molecule has 1 saturated heterocycles. The maximum absolute atomic E-state index is 12.6. The molecule has 1 aliphatic heterocycles. The summed E-state index contributed by atoms with van der Waals surface area (Å²) in [7, 11) is 1.51. The van der Waals surface area contributed by atoms with E-state index in [1.807, 2.05) is 19.9 Å². The number of aryl methyl sites for hydroxylation is 2. The highest BCUT2D eigenvalue weighted by molar-refractivity contribution is 8.14. The summed E-state index contributed by atoms with van der Waals surface area (Å²) in [6.07, 6.45) is 0. The number of aromatic nitrogens is 1. The molecule has 12 nitrogen and oxygen atoms in total. The van der Waals surface area contributed by atoms with Gasteiger partial charge in [0.1, 0.15) is 5.69 Å². The molecule has 0 aliphatic carbocycles. The van der Waals surface area contributed by atoms with Gasteiger partial charge in [-0.3, -0.25) is 25.0 Å². The van der Waals surface area contributed by atoms with Crippen molar-refractivity contribution in [2.24, 2.45) is 0 Å². The van der Waals surface area contributed by atoms with Crippen molar-refractivity contribution in [3.8, 4) is 5.88 Å². The molecule has 0 spiro atoms. The Bertz CT molecular complexity index is 1020. The van der Waals surface area contributed by atoms with Crippen LogP contribution in [0, 0.1) is 34.1 Å². The van der Waals surface area contributed by atoms with Gasteiger partial charge < -0.3 is 19.3 Å². The van der Waals surface area contributed by atoms with Gasteiger partial charge in [0.2, 0.25) is 5.88 Å². The number of nitro benzene ring substituents is 2. The molecule has 0 atom stereocenters. The van der Waals surface area contributed by atoms with Gasteiger partial charge in [0.15, 0.2) is 0 Å². The van der Waals surface area contributed by atoms with Crippen molar-refractivity contribution in [1.29, 1.82) is 0 Å². The highest BCUT2D eigenvalue weighted by atomic mass is 32.2. The van der Waals surface area contributed by atoms with Gasteiger partial charge in [0.05, 0.1) is 28.7 Å². The van der Waals surface area contributed by atoms with Gasteiger partial charge in [-0.15, -0.1) is 0 Å². The highest BCUT2D eigenvalue weighted by Crippen LogP contribution is 2.30. The van der Waals surface area contributed by atoms with Crippen molar-refractivity contribution in [3.63, 3.8) is 0 Å². The zero-order valence-corrected chi connectivity index (χ0v) is 18.5. The minimum absolute atomic E-state index is 0.199. The summed E-state index contributed by atoms with van der Waals surface area (Å²) < 4.78 is 8.25. The number of non-ortho nitro benzene ring substituents is 2. The van der Waals surface area contributed by atoms with E-state index in [4.69, 9.17) is 4.74 Å². The van der Waals surface area contributed by atoms with E-state index >= 15 is 0 Å². The number of piperazine rings is 1. The van der Waals surface area contributed by atoms with Crippen molar-refractivity contribution in [3.05, 3.63) is 55.8 Å². The SMILES string of the molecule is COc1nc(C)c(C)cc1NSC(=O)N1CCN(c2cc([N+](=O)[O-])cc([N+](=O)[O-])c2)CC1. The topological polar surface area (TPSA) is 144 Å². The Labute approximate surface area is 188 Å². The van der Waals surface area contributed by atoms with Crippen LogP contribution in [0.15, 0.2) is 24.3 Å². The number of methoxy groups -OCH3 is 1. The Morgan fingerprint density at radius 2 is 1.66 bits per heavy atom. The normalized spacial score (nSPS) is 13.6. The number of nitrogens with zero attached hydrogens (tertiary/aromatic N) is 5. The van der Waals surface area contributed by atoms with Crippen molar-refractivity contribution < 1.29 is 19.4 Å². The summed E-state index contributed by atoms with van der Waals surface area (Å²) in [5.74, 6) is 0.394. The number of ether oxygens (including phenoxy) is 1. The van der Waals surface area contributed by atoms with E-state index in [2.05, 4.69) is 9.71 Å². The first-order valence-electron chi connectivity index (χ1n) is 9.62. The van der Waals surface area contributed by atoms with E-state index in [-0.39, 0.29) is 16.6 Å². The molecule has 1 fully saturated rings. The molecule has 13 heteroatoms. The fraction of sp³-hybridized carbons (Fsp3) is 0.368. The van der Waals surface area contributed by atoms with Crippen LogP contribution in [-0.4, -0.2) is 58.3 Å². The molecule has 0 bridgehead atoms. The van der Waals surface area contributed by atoms with Crippen LogP contribution in [0.5, 0.6) is 5.88 Å². The number of amides is 1. The molecular formula is C19H22N6O6S. The van der Waals surface area contributed by atoms with Gasteiger partial charge in [-0.25, -0.2) is 4.98 Å². The number of hydrogen-bond donors (Lipinski definition) is 1. The standard InChI is InChI=1S/C19H22N6O6S/c1-12-8-17(18(31-3)20-13(12)2)21-32-19(26)23-6-4-22(5-7-23)14-9-15(24(27)28)11-16(10-14)25(29)30/h8-11,21H,4-7H2,1-3H3. The number of anilines is 2. The number of nitro groups is 2. The van der Waals surface area contributed by atoms with Gasteiger partial charge >= 0.3 is 5.24 Å². The van der Waals surface area contributed by atoms with E-state index < -0.39 is 9.85 Å². The number of pyridine rings is 1. The van der Waals surface area contributed by atoms with Gasteiger partial charge in [-0.1, -0.05) is 0 Å². The smallest absolute Gasteiger partial charge is 0.302 e. The minimum atomic E-state index is -0.658. The number of benzene rings is 1. The number of carbonyl (C=O) groups is 1. The van der Waals surface area contributed by atoms with E-state index in [9.17, 15) is 25.0 Å². The lowest BCUT2D eigenvalue weighted by Crippen LogP contribution is -2.47. The molecule has 2 heterocycles. The molecule has 0 unspecified atom stereocenters. The molecule has 0 saturated carbocycles. The zero-order valence-electron chi connectivity index (χ0n) is 17.7. The van der Waals surface area contributed by atoms with Crippen LogP contribution in [0.25, 0.3) is 0 Å². The van der Waals surface area contributed by atoms with Crippen LogP contribution >= 0.6 is 11.9 Å². The van der Waals surface area contributed by atoms with Crippen LogP contribution in [0.2, 0.25) is 0 Å². The van der Waals surface area contributed by atoms with Crippen molar-refractivity contribution in [2.45, 2.75) is 13.8 Å². The monoisotopic (exact) mass is 462 g/mol. The Hall–Kier alpha value is -3.61. The largest absolute Gasteiger partial charge is 0.479 e. The minimum Gasteiger partial charge on any atom is -0.479 e. The molecule has 1 aromatic carbocycles. The Balaban J connectivity index is 1.63. The molecule has 1 aromatic heterocycles. The second-order valence-electron chi connectivity index (χ2n) is 7.11. The molecule has 1 N–H and O–H groups in total. The van der Waals surface area contributed by atoms with Gasteiger partial charge in [-0.05, 0) is 25.5 Å². The first-order chi connectivity index (χ1) is 15.2. The van der Waals surface area contributed by atoms with Crippen LogP contribution in [0.1, 0.15) is 11.3 Å². The Morgan fingerprint density at radius 1 is 1.06 bits per heavy atom.